The normalized spacial score (nSPS) is 37.9. The molecule has 1 saturated heterocycles. The number of aliphatic imine (C=N–C) groups is 1. The van der Waals surface area contributed by atoms with E-state index in [4.69, 9.17) is 4.74 Å². The summed E-state index contributed by atoms with van der Waals surface area (Å²) in [4.78, 5) is 16.5. The molecule has 18 heavy (non-hydrogen) atoms. The average Bonchev–Trinajstić information content (AvgIpc) is 2.54. The van der Waals surface area contributed by atoms with Crippen molar-refractivity contribution in [3.05, 3.63) is 0 Å². The van der Waals surface area contributed by atoms with Crippen molar-refractivity contribution in [1.29, 1.82) is 0 Å². The van der Waals surface area contributed by atoms with Crippen molar-refractivity contribution in [2.24, 2.45) is 16.8 Å². The molecule has 102 valence electrons. The molecular formula is C13H23N3O2. The highest BCUT2D eigenvalue weighted by molar-refractivity contribution is 6.09. The summed E-state index contributed by atoms with van der Waals surface area (Å²) in [5, 5.41) is 6.17. The van der Waals surface area contributed by atoms with Crippen LogP contribution >= 0.6 is 0 Å². The lowest BCUT2D eigenvalue weighted by molar-refractivity contribution is -0.126. The van der Waals surface area contributed by atoms with Crippen molar-refractivity contribution in [2.45, 2.75) is 38.6 Å². The third-order valence-electron chi connectivity index (χ3n) is 3.79. The Kier molecular flexibility index (Phi) is 3.90. The molecule has 1 saturated carbocycles. The van der Waals surface area contributed by atoms with Gasteiger partial charge in [0.15, 0.2) is 5.96 Å². The third-order valence-corrected chi connectivity index (χ3v) is 3.79. The number of amides is 1. The first-order valence-electron chi connectivity index (χ1n) is 6.69. The van der Waals surface area contributed by atoms with Crippen LogP contribution in [0.2, 0.25) is 0 Å². The van der Waals surface area contributed by atoms with E-state index in [-0.39, 0.29) is 5.91 Å². The van der Waals surface area contributed by atoms with Crippen LogP contribution in [0.5, 0.6) is 0 Å². The van der Waals surface area contributed by atoms with Crippen molar-refractivity contribution in [1.82, 2.24) is 10.6 Å². The highest BCUT2D eigenvalue weighted by atomic mass is 16.5. The summed E-state index contributed by atoms with van der Waals surface area (Å²) in [6.45, 7) is 5.57. The number of hydrogen-bond donors (Lipinski definition) is 2. The molecule has 0 aromatic rings. The quantitative estimate of drug-likeness (QED) is 0.735. The van der Waals surface area contributed by atoms with Gasteiger partial charge in [-0.2, -0.15) is 0 Å². The molecule has 2 fully saturated rings. The number of carbonyl (C=O) groups excluding carboxylic acids is 1. The number of guanidine groups is 1. The molecule has 5 nitrogen and oxygen atoms in total. The molecule has 1 aliphatic carbocycles. The van der Waals surface area contributed by atoms with Gasteiger partial charge in [0.1, 0.15) is 5.54 Å². The molecular weight excluding hydrogens is 230 g/mol. The lowest BCUT2D eigenvalue weighted by atomic mass is 9.72. The molecule has 1 amide bonds. The largest absolute Gasteiger partial charge is 0.383 e. The lowest BCUT2D eigenvalue weighted by Gasteiger charge is -2.37. The summed E-state index contributed by atoms with van der Waals surface area (Å²) < 4.78 is 4.95. The Balaban J connectivity index is 2.05. The predicted molar refractivity (Wildman–Crippen MR) is 70.4 cm³/mol. The van der Waals surface area contributed by atoms with Gasteiger partial charge in [0.25, 0.3) is 5.91 Å². The zero-order chi connectivity index (χ0) is 13.2. The first kappa shape index (κ1) is 13.3. The van der Waals surface area contributed by atoms with Crippen LogP contribution in [0, 0.1) is 11.8 Å². The lowest BCUT2D eigenvalue weighted by Crippen LogP contribution is -2.51. The Hall–Kier alpha value is -1.10. The summed E-state index contributed by atoms with van der Waals surface area (Å²) in [7, 11) is 1.65. The number of rotatable bonds is 3. The van der Waals surface area contributed by atoms with Crippen LogP contribution in [0.3, 0.4) is 0 Å². The van der Waals surface area contributed by atoms with Crippen LogP contribution in [0.4, 0.5) is 0 Å². The van der Waals surface area contributed by atoms with E-state index in [9.17, 15) is 4.79 Å². The Morgan fingerprint density at radius 2 is 2.06 bits per heavy atom. The highest BCUT2D eigenvalue weighted by Gasteiger charge is 2.48. The summed E-state index contributed by atoms with van der Waals surface area (Å²) in [6, 6.07) is 0. The Bertz CT molecular complexity index is 344. The van der Waals surface area contributed by atoms with Crippen LogP contribution in [0.25, 0.3) is 0 Å². The number of nitrogens with one attached hydrogen (secondary N) is 2. The minimum atomic E-state index is -0.428. The first-order chi connectivity index (χ1) is 8.55. The van der Waals surface area contributed by atoms with Gasteiger partial charge in [-0.05, 0) is 31.1 Å². The van der Waals surface area contributed by atoms with Crippen LogP contribution in [0.1, 0.15) is 33.1 Å². The van der Waals surface area contributed by atoms with E-state index in [1.807, 2.05) is 0 Å². The molecule has 2 rings (SSSR count). The van der Waals surface area contributed by atoms with Gasteiger partial charge in [0.05, 0.1) is 13.2 Å². The molecule has 1 spiro atoms. The molecule has 2 unspecified atom stereocenters. The SMILES string of the molecule is COCCN=C1NC(=O)C2(CC(C)CC(C)C2)N1. The minimum Gasteiger partial charge on any atom is -0.383 e. The fraction of sp³-hybridized carbons (Fsp3) is 0.846. The Morgan fingerprint density at radius 3 is 2.67 bits per heavy atom. The maximum absolute atomic E-state index is 12.2. The number of ether oxygens (including phenoxy) is 1. The Morgan fingerprint density at radius 1 is 1.39 bits per heavy atom. The molecule has 1 aliphatic heterocycles. The second-order valence-corrected chi connectivity index (χ2v) is 5.74. The van der Waals surface area contributed by atoms with Gasteiger partial charge in [0.2, 0.25) is 0 Å². The van der Waals surface area contributed by atoms with Gasteiger partial charge in [-0.25, -0.2) is 0 Å². The average molecular weight is 253 g/mol. The molecule has 0 radical (unpaired) electrons. The first-order valence-corrected chi connectivity index (χ1v) is 6.69. The third kappa shape index (κ3) is 2.66. The van der Waals surface area contributed by atoms with E-state index in [0.29, 0.717) is 30.9 Å². The topological polar surface area (TPSA) is 62.7 Å². The van der Waals surface area contributed by atoms with E-state index < -0.39 is 5.54 Å². The standard InChI is InChI=1S/C13H23N3O2/c1-9-6-10(2)8-13(7-9)11(17)15-12(16-13)14-4-5-18-3/h9-10H,4-8H2,1-3H3,(H2,14,15,16,17). The van der Waals surface area contributed by atoms with Gasteiger partial charge in [-0.15, -0.1) is 0 Å². The molecule has 2 N–H and O–H groups in total. The molecule has 0 aromatic carbocycles. The van der Waals surface area contributed by atoms with Crippen LogP contribution in [0.15, 0.2) is 4.99 Å². The molecule has 2 aliphatic rings. The van der Waals surface area contributed by atoms with E-state index in [2.05, 4.69) is 29.5 Å². The summed E-state index contributed by atoms with van der Waals surface area (Å²) in [5.41, 5.74) is -0.428. The summed E-state index contributed by atoms with van der Waals surface area (Å²) in [5.74, 6) is 1.84. The number of methoxy groups -OCH3 is 1. The van der Waals surface area contributed by atoms with Crippen LogP contribution < -0.4 is 10.6 Å². The van der Waals surface area contributed by atoms with E-state index in [1.165, 1.54) is 6.42 Å². The van der Waals surface area contributed by atoms with Gasteiger partial charge >= 0.3 is 0 Å². The van der Waals surface area contributed by atoms with Crippen LogP contribution in [-0.2, 0) is 9.53 Å². The maximum Gasteiger partial charge on any atom is 0.252 e. The van der Waals surface area contributed by atoms with Crippen molar-refractivity contribution in [3.8, 4) is 0 Å². The smallest absolute Gasteiger partial charge is 0.252 e. The predicted octanol–water partition coefficient (Wildman–Crippen LogP) is 0.903. The van der Waals surface area contributed by atoms with Crippen molar-refractivity contribution >= 4 is 11.9 Å². The second kappa shape index (κ2) is 5.26. The highest BCUT2D eigenvalue weighted by Crippen LogP contribution is 2.37. The van der Waals surface area contributed by atoms with Crippen LogP contribution in [-0.4, -0.2) is 37.7 Å². The summed E-state index contributed by atoms with van der Waals surface area (Å²) >= 11 is 0. The number of hydrogen-bond acceptors (Lipinski definition) is 3. The zero-order valence-corrected chi connectivity index (χ0v) is 11.5. The molecule has 0 bridgehead atoms. The van der Waals surface area contributed by atoms with E-state index in [0.717, 1.165) is 12.8 Å². The molecule has 5 heteroatoms. The maximum atomic E-state index is 12.2. The van der Waals surface area contributed by atoms with Crippen molar-refractivity contribution in [2.75, 3.05) is 20.3 Å². The minimum absolute atomic E-state index is 0.0806. The van der Waals surface area contributed by atoms with E-state index >= 15 is 0 Å². The Labute approximate surface area is 108 Å². The zero-order valence-electron chi connectivity index (χ0n) is 11.5. The number of nitrogens with zero attached hydrogens (tertiary/aromatic N) is 1. The number of carbonyl (C=O) groups is 1. The second-order valence-electron chi connectivity index (χ2n) is 5.74. The van der Waals surface area contributed by atoms with Gasteiger partial charge in [0, 0.05) is 7.11 Å². The fourth-order valence-corrected chi connectivity index (χ4v) is 3.28. The van der Waals surface area contributed by atoms with Crippen molar-refractivity contribution < 1.29 is 9.53 Å². The van der Waals surface area contributed by atoms with Gasteiger partial charge < -0.3 is 10.1 Å². The molecule has 1 heterocycles. The van der Waals surface area contributed by atoms with Crippen molar-refractivity contribution in [3.63, 3.8) is 0 Å². The fourth-order valence-electron chi connectivity index (χ4n) is 3.28. The van der Waals surface area contributed by atoms with Gasteiger partial charge in [-0.1, -0.05) is 13.8 Å². The monoisotopic (exact) mass is 253 g/mol. The molecule has 0 aromatic heterocycles. The molecule has 2 atom stereocenters. The summed E-state index contributed by atoms with van der Waals surface area (Å²) in [6.07, 6.45) is 2.99. The van der Waals surface area contributed by atoms with Gasteiger partial charge in [-0.3, -0.25) is 15.1 Å². The van der Waals surface area contributed by atoms with E-state index in [1.54, 1.807) is 7.11 Å².